The van der Waals surface area contributed by atoms with Gasteiger partial charge in [-0.1, -0.05) is 0 Å². The second-order valence-corrected chi connectivity index (χ2v) is 8.02. The van der Waals surface area contributed by atoms with Crippen LogP contribution in [0.5, 0.6) is 0 Å². The first-order chi connectivity index (χ1) is 11.2. The van der Waals surface area contributed by atoms with Crippen molar-refractivity contribution in [2.75, 3.05) is 7.11 Å². The predicted molar refractivity (Wildman–Crippen MR) is 85.0 cm³/mol. The lowest BCUT2D eigenvalue weighted by Gasteiger charge is -2.31. The number of hydrogen-bond acceptors (Lipinski definition) is 5. The van der Waals surface area contributed by atoms with E-state index in [1.54, 1.807) is 25.7 Å². The maximum absolute atomic E-state index is 13.0. The van der Waals surface area contributed by atoms with Crippen molar-refractivity contribution < 1.29 is 23.9 Å². The summed E-state index contributed by atoms with van der Waals surface area (Å²) >= 11 is 0. The van der Waals surface area contributed by atoms with E-state index in [4.69, 9.17) is 9.47 Å². The van der Waals surface area contributed by atoms with E-state index in [0.717, 1.165) is 12.8 Å². The zero-order chi connectivity index (χ0) is 17.6. The number of ether oxygens (including phenoxy) is 2. The predicted octanol–water partition coefficient (Wildman–Crippen LogP) is 1.45. The van der Waals surface area contributed by atoms with Crippen molar-refractivity contribution in [3.8, 4) is 0 Å². The van der Waals surface area contributed by atoms with E-state index in [0.29, 0.717) is 24.7 Å². The van der Waals surface area contributed by atoms with Crippen molar-refractivity contribution in [3.63, 3.8) is 0 Å². The minimum Gasteiger partial charge on any atom is -0.467 e. The third kappa shape index (κ3) is 3.21. The van der Waals surface area contributed by atoms with E-state index in [9.17, 15) is 14.4 Å². The molecule has 2 saturated heterocycles. The van der Waals surface area contributed by atoms with Crippen LogP contribution in [-0.4, -0.2) is 53.7 Å². The number of carbonyl (C=O) groups excluding carboxylic acids is 3. The number of alkyl carbamates (subject to hydrolysis) is 1. The molecule has 1 aliphatic carbocycles. The van der Waals surface area contributed by atoms with Crippen molar-refractivity contribution in [1.82, 2.24) is 10.2 Å². The third-order valence-electron chi connectivity index (χ3n) is 5.16. The summed E-state index contributed by atoms with van der Waals surface area (Å²) in [7, 11) is 1.34. The molecule has 0 unspecified atom stereocenters. The molecule has 0 spiro atoms. The van der Waals surface area contributed by atoms with Gasteiger partial charge in [-0.25, -0.2) is 9.59 Å². The van der Waals surface area contributed by atoms with Gasteiger partial charge in [0.05, 0.1) is 7.11 Å². The van der Waals surface area contributed by atoms with Crippen molar-refractivity contribution in [2.24, 2.45) is 11.8 Å². The molecule has 7 nitrogen and oxygen atoms in total. The Morgan fingerprint density at radius 2 is 1.92 bits per heavy atom. The number of esters is 1. The topological polar surface area (TPSA) is 84.9 Å². The average molecular weight is 338 g/mol. The Morgan fingerprint density at radius 1 is 1.21 bits per heavy atom. The zero-order valence-corrected chi connectivity index (χ0v) is 14.7. The Balaban J connectivity index is 1.76. The normalized spacial score (nSPS) is 34.8. The molecule has 1 N–H and O–H groups in total. The molecule has 0 bridgehead atoms. The van der Waals surface area contributed by atoms with Crippen LogP contribution in [0.4, 0.5) is 4.79 Å². The maximum Gasteiger partial charge on any atom is 0.408 e. The van der Waals surface area contributed by atoms with Gasteiger partial charge in [0.25, 0.3) is 0 Å². The number of nitrogens with zero attached hydrogens (tertiary/aromatic N) is 1. The lowest BCUT2D eigenvalue weighted by atomic mass is 10.1. The molecule has 2 heterocycles. The van der Waals surface area contributed by atoms with Crippen LogP contribution in [0.3, 0.4) is 0 Å². The van der Waals surface area contributed by atoms with Crippen LogP contribution in [0.1, 0.15) is 46.5 Å². The van der Waals surface area contributed by atoms with Crippen molar-refractivity contribution in [1.29, 1.82) is 0 Å². The maximum atomic E-state index is 13.0. The molecule has 134 valence electrons. The molecular weight excluding hydrogens is 312 g/mol. The summed E-state index contributed by atoms with van der Waals surface area (Å²) in [6.45, 7) is 5.34. The van der Waals surface area contributed by atoms with Gasteiger partial charge in [0, 0.05) is 6.04 Å². The van der Waals surface area contributed by atoms with Crippen LogP contribution in [-0.2, 0) is 19.1 Å². The highest BCUT2D eigenvalue weighted by atomic mass is 16.6. The van der Waals surface area contributed by atoms with E-state index < -0.39 is 23.8 Å². The SMILES string of the molecule is COC(=O)[C@@H]1CC[C@@H]2[C@H]3C[C@H]3C[C@H](NC(=O)OC(C)(C)C)C(=O)N21. The van der Waals surface area contributed by atoms with Gasteiger partial charge < -0.3 is 19.7 Å². The number of methoxy groups -OCH3 is 1. The van der Waals surface area contributed by atoms with Gasteiger partial charge in [-0.2, -0.15) is 0 Å². The second-order valence-electron chi connectivity index (χ2n) is 8.02. The number of carbonyl (C=O) groups is 3. The minimum absolute atomic E-state index is 0.0945. The number of amides is 2. The lowest BCUT2D eigenvalue weighted by molar-refractivity contribution is -0.152. The Bertz CT molecular complexity index is 556. The van der Waals surface area contributed by atoms with Crippen LogP contribution < -0.4 is 5.32 Å². The van der Waals surface area contributed by atoms with Gasteiger partial charge in [-0.3, -0.25) is 4.79 Å². The number of nitrogens with one attached hydrogen (secondary N) is 1. The Morgan fingerprint density at radius 3 is 2.54 bits per heavy atom. The van der Waals surface area contributed by atoms with Crippen molar-refractivity contribution >= 4 is 18.0 Å². The average Bonchev–Trinajstić information content (AvgIpc) is 3.11. The Kier molecular flexibility index (Phi) is 4.21. The molecule has 0 radical (unpaired) electrons. The third-order valence-corrected chi connectivity index (χ3v) is 5.16. The molecule has 3 rings (SSSR count). The first kappa shape index (κ1) is 17.0. The van der Waals surface area contributed by atoms with Crippen LogP contribution in [0.15, 0.2) is 0 Å². The van der Waals surface area contributed by atoms with Crippen LogP contribution in [0.2, 0.25) is 0 Å². The Hall–Kier alpha value is -1.79. The molecule has 2 aliphatic heterocycles. The number of fused-ring (bicyclic) bond motifs is 3. The molecule has 1 saturated carbocycles. The summed E-state index contributed by atoms with van der Waals surface area (Å²) in [5.41, 5.74) is -0.620. The molecule has 3 aliphatic rings. The molecule has 3 fully saturated rings. The van der Waals surface area contributed by atoms with Gasteiger partial charge >= 0.3 is 12.1 Å². The van der Waals surface area contributed by atoms with Gasteiger partial charge in [0.2, 0.25) is 5.91 Å². The fourth-order valence-electron chi connectivity index (χ4n) is 4.11. The highest BCUT2D eigenvalue weighted by Gasteiger charge is 2.57. The summed E-state index contributed by atoms with van der Waals surface area (Å²) in [5, 5.41) is 2.71. The van der Waals surface area contributed by atoms with Gasteiger partial charge in [-0.15, -0.1) is 0 Å². The van der Waals surface area contributed by atoms with E-state index in [-0.39, 0.29) is 17.9 Å². The smallest absolute Gasteiger partial charge is 0.408 e. The van der Waals surface area contributed by atoms with E-state index in [1.165, 1.54) is 7.11 Å². The summed E-state index contributed by atoms with van der Waals surface area (Å²) < 4.78 is 10.1. The first-order valence-electron chi connectivity index (χ1n) is 8.61. The summed E-state index contributed by atoms with van der Waals surface area (Å²) in [6, 6.07) is -1.07. The summed E-state index contributed by atoms with van der Waals surface area (Å²) in [6.07, 6.45) is 2.53. The van der Waals surface area contributed by atoms with Crippen molar-refractivity contribution in [2.45, 2.75) is 70.2 Å². The molecule has 7 heteroatoms. The number of hydrogen-bond donors (Lipinski definition) is 1. The van der Waals surface area contributed by atoms with E-state index in [2.05, 4.69) is 5.32 Å². The van der Waals surface area contributed by atoms with E-state index in [1.807, 2.05) is 0 Å². The first-order valence-corrected chi connectivity index (χ1v) is 8.61. The van der Waals surface area contributed by atoms with Crippen molar-refractivity contribution in [3.05, 3.63) is 0 Å². The quantitative estimate of drug-likeness (QED) is 0.770. The Labute approximate surface area is 142 Å². The second kappa shape index (κ2) is 5.93. The fraction of sp³-hybridized carbons (Fsp3) is 0.824. The minimum atomic E-state index is -0.634. The molecule has 0 aromatic carbocycles. The van der Waals surface area contributed by atoms with Gasteiger partial charge in [0.1, 0.15) is 17.7 Å². The molecule has 5 atom stereocenters. The van der Waals surface area contributed by atoms with Gasteiger partial charge in [0.15, 0.2) is 0 Å². The molecular formula is C17H26N2O5. The summed E-state index contributed by atoms with van der Waals surface area (Å²) in [4.78, 5) is 38.8. The van der Waals surface area contributed by atoms with Crippen LogP contribution in [0.25, 0.3) is 0 Å². The zero-order valence-electron chi connectivity index (χ0n) is 14.7. The molecule has 0 aromatic heterocycles. The lowest BCUT2D eigenvalue weighted by Crippen LogP contribution is -2.54. The highest BCUT2D eigenvalue weighted by Crippen LogP contribution is 2.52. The molecule has 2 amide bonds. The largest absolute Gasteiger partial charge is 0.467 e. The van der Waals surface area contributed by atoms with Crippen LogP contribution in [0, 0.1) is 11.8 Å². The van der Waals surface area contributed by atoms with Gasteiger partial charge in [-0.05, 0) is 58.3 Å². The molecule has 24 heavy (non-hydrogen) atoms. The fourth-order valence-corrected chi connectivity index (χ4v) is 4.11. The van der Waals surface area contributed by atoms with Crippen LogP contribution >= 0.6 is 0 Å². The number of rotatable bonds is 2. The highest BCUT2D eigenvalue weighted by molar-refractivity contribution is 5.91. The molecule has 0 aromatic rings. The standard InChI is InChI=1S/C17H26N2O5/c1-17(2,3)24-16(22)18-11-8-9-7-10(9)12-5-6-13(15(21)23-4)19(12)14(11)20/h9-13H,5-8H2,1-4H3,(H,18,22)/t9-,10-,11-,12+,13-/m0/s1. The van der Waals surface area contributed by atoms with E-state index >= 15 is 0 Å². The summed E-state index contributed by atoms with van der Waals surface area (Å²) in [5.74, 6) is 0.307. The monoisotopic (exact) mass is 338 g/mol.